The van der Waals surface area contributed by atoms with Gasteiger partial charge in [0.2, 0.25) is 0 Å². The van der Waals surface area contributed by atoms with Gasteiger partial charge in [-0.2, -0.15) is 14.6 Å². The molecular weight excluding hydrogens is 306 g/mol. The van der Waals surface area contributed by atoms with E-state index in [1.54, 1.807) is 4.52 Å². The van der Waals surface area contributed by atoms with Crippen LogP contribution >= 0.6 is 0 Å². The van der Waals surface area contributed by atoms with Gasteiger partial charge in [0.15, 0.2) is 11.5 Å². The third kappa shape index (κ3) is 2.84. The first-order valence-corrected chi connectivity index (χ1v) is 8.15. The topological polar surface area (TPSA) is 73.6 Å². The molecule has 0 fully saturated rings. The van der Waals surface area contributed by atoms with Gasteiger partial charge < -0.3 is 14.8 Å². The predicted octanol–water partition coefficient (Wildman–Crippen LogP) is 2.46. The van der Waals surface area contributed by atoms with Crippen LogP contribution in [0.4, 0.5) is 5.82 Å². The van der Waals surface area contributed by atoms with E-state index in [0.717, 1.165) is 41.4 Å². The average Bonchev–Trinajstić information content (AvgIpc) is 2.96. The maximum atomic E-state index is 5.75. The molecule has 0 radical (unpaired) electrons. The number of benzene rings is 1. The molecule has 3 heterocycles. The van der Waals surface area contributed by atoms with Crippen molar-refractivity contribution in [2.75, 3.05) is 18.5 Å². The van der Waals surface area contributed by atoms with Crippen LogP contribution in [0.3, 0.4) is 0 Å². The maximum Gasteiger partial charge on any atom is 0.254 e. The monoisotopic (exact) mass is 325 g/mol. The minimum atomic E-state index is 0.607. The summed E-state index contributed by atoms with van der Waals surface area (Å²) >= 11 is 0. The largest absolute Gasteiger partial charge is 0.490 e. The SMILES string of the molecule is CCc1cc(NCc2ccc3c(c2)OCCCO3)n2ncnc2n1. The second kappa shape index (κ2) is 6.35. The molecule has 0 spiro atoms. The lowest BCUT2D eigenvalue weighted by atomic mass is 10.2. The van der Waals surface area contributed by atoms with Gasteiger partial charge in [0.25, 0.3) is 5.78 Å². The van der Waals surface area contributed by atoms with Crippen LogP contribution in [0, 0.1) is 0 Å². The van der Waals surface area contributed by atoms with Gasteiger partial charge in [-0.05, 0) is 24.1 Å². The molecule has 3 aromatic rings. The first kappa shape index (κ1) is 14.7. The molecule has 0 atom stereocenters. The maximum absolute atomic E-state index is 5.75. The molecule has 0 saturated carbocycles. The molecule has 7 heteroatoms. The summed E-state index contributed by atoms with van der Waals surface area (Å²) in [6.45, 7) is 4.11. The normalized spacial score (nSPS) is 13.7. The standard InChI is InChI=1S/C17H19N5O2/c1-2-13-9-16(22-17(21-13)19-11-20-22)18-10-12-4-5-14-15(8-12)24-7-3-6-23-14/h4-5,8-9,11,18H,2-3,6-7,10H2,1H3. The van der Waals surface area contributed by atoms with Crippen LogP contribution in [0.5, 0.6) is 11.5 Å². The molecule has 1 aliphatic heterocycles. The van der Waals surface area contributed by atoms with E-state index in [0.29, 0.717) is 25.5 Å². The fourth-order valence-corrected chi connectivity index (χ4v) is 2.68. The Labute approximate surface area is 139 Å². The third-order valence-corrected chi connectivity index (χ3v) is 3.95. The van der Waals surface area contributed by atoms with Crippen LogP contribution in [0.2, 0.25) is 0 Å². The summed E-state index contributed by atoms with van der Waals surface area (Å²) in [5.74, 6) is 3.10. The molecule has 124 valence electrons. The van der Waals surface area contributed by atoms with Gasteiger partial charge in [0, 0.05) is 24.7 Å². The molecule has 1 aromatic carbocycles. The van der Waals surface area contributed by atoms with Crippen LogP contribution in [-0.2, 0) is 13.0 Å². The van der Waals surface area contributed by atoms with E-state index in [9.17, 15) is 0 Å². The third-order valence-electron chi connectivity index (χ3n) is 3.95. The second-order valence-corrected chi connectivity index (χ2v) is 5.64. The summed E-state index contributed by atoms with van der Waals surface area (Å²) in [5, 5.41) is 7.64. The van der Waals surface area contributed by atoms with E-state index in [1.807, 2.05) is 24.3 Å². The summed E-state index contributed by atoms with van der Waals surface area (Å²) < 4.78 is 13.1. The first-order valence-electron chi connectivity index (χ1n) is 8.15. The lowest BCUT2D eigenvalue weighted by Gasteiger charge is -2.12. The highest BCUT2D eigenvalue weighted by atomic mass is 16.5. The van der Waals surface area contributed by atoms with E-state index in [-0.39, 0.29) is 0 Å². The fraction of sp³-hybridized carbons (Fsp3) is 0.353. The molecule has 7 nitrogen and oxygen atoms in total. The molecule has 0 aliphatic carbocycles. The Hall–Kier alpha value is -2.83. The molecule has 0 saturated heterocycles. The number of aryl methyl sites for hydroxylation is 1. The number of fused-ring (bicyclic) bond motifs is 2. The Kier molecular flexibility index (Phi) is 3.90. The number of rotatable bonds is 4. The van der Waals surface area contributed by atoms with Crippen LogP contribution in [0.1, 0.15) is 24.6 Å². The molecule has 4 rings (SSSR count). The van der Waals surface area contributed by atoms with Gasteiger partial charge in [-0.1, -0.05) is 13.0 Å². The zero-order chi connectivity index (χ0) is 16.4. The summed E-state index contributed by atoms with van der Waals surface area (Å²) in [6.07, 6.45) is 3.27. The number of hydrogen-bond acceptors (Lipinski definition) is 6. The van der Waals surface area contributed by atoms with Crippen LogP contribution in [0.15, 0.2) is 30.6 Å². The Morgan fingerprint density at radius 3 is 2.92 bits per heavy atom. The van der Waals surface area contributed by atoms with Crippen molar-refractivity contribution in [1.82, 2.24) is 19.6 Å². The number of nitrogens with zero attached hydrogens (tertiary/aromatic N) is 4. The van der Waals surface area contributed by atoms with E-state index >= 15 is 0 Å². The summed E-state index contributed by atoms with van der Waals surface area (Å²) in [5.41, 5.74) is 2.10. The highest BCUT2D eigenvalue weighted by molar-refractivity contribution is 5.47. The number of aromatic nitrogens is 4. The Morgan fingerprint density at radius 2 is 2.04 bits per heavy atom. The molecule has 1 N–H and O–H groups in total. The van der Waals surface area contributed by atoms with Crippen LogP contribution in [0.25, 0.3) is 5.78 Å². The van der Waals surface area contributed by atoms with Crippen molar-refractivity contribution in [2.24, 2.45) is 0 Å². The smallest absolute Gasteiger partial charge is 0.254 e. The van der Waals surface area contributed by atoms with Gasteiger partial charge in [0.1, 0.15) is 12.1 Å². The van der Waals surface area contributed by atoms with Crippen molar-refractivity contribution >= 4 is 11.6 Å². The summed E-state index contributed by atoms with van der Waals surface area (Å²) in [4.78, 5) is 8.63. The Balaban J connectivity index is 1.57. The number of anilines is 1. The quantitative estimate of drug-likeness (QED) is 0.794. The van der Waals surface area contributed by atoms with Crippen molar-refractivity contribution in [3.05, 3.63) is 41.9 Å². The fourth-order valence-electron chi connectivity index (χ4n) is 2.68. The van der Waals surface area contributed by atoms with Gasteiger partial charge in [0.05, 0.1) is 13.2 Å². The van der Waals surface area contributed by atoms with Crippen molar-refractivity contribution in [2.45, 2.75) is 26.3 Å². The van der Waals surface area contributed by atoms with Crippen molar-refractivity contribution in [3.8, 4) is 11.5 Å². The van der Waals surface area contributed by atoms with E-state index in [2.05, 4.69) is 27.3 Å². The number of ether oxygens (including phenoxy) is 2. The van der Waals surface area contributed by atoms with Crippen molar-refractivity contribution < 1.29 is 9.47 Å². The summed E-state index contributed by atoms with van der Waals surface area (Å²) in [6, 6.07) is 8.03. The van der Waals surface area contributed by atoms with Gasteiger partial charge in [-0.25, -0.2) is 4.98 Å². The lowest BCUT2D eigenvalue weighted by molar-refractivity contribution is 0.297. The molecule has 0 bridgehead atoms. The first-order chi connectivity index (χ1) is 11.8. The van der Waals surface area contributed by atoms with Crippen molar-refractivity contribution in [1.29, 1.82) is 0 Å². The molecular formula is C17H19N5O2. The minimum Gasteiger partial charge on any atom is -0.490 e. The average molecular weight is 325 g/mol. The van der Waals surface area contributed by atoms with E-state index < -0.39 is 0 Å². The molecule has 1 aliphatic rings. The molecule has 24 heavy (non-hydrogen) atoms. The number of hydrogen-bond donors (Lipinski definition) is 1. The van der Waals surface area contributed by atoms with Gasteiger partial charge >= 0.3 is 0 Å². The predicted molar refractivity (Wildman–Crippen MR) is 89.5 cm³/mol. The number of nitrogens with one attached hydrogen (secondary N) is 1. The molecule has 0 unspecified atom stereocenters. The van der Waals surface area contributed by atoms with Gasteiger partial charge in [-0.3, -0.25) is 0 Å². The zero-order valence-corrected chi connectivity index (χ0v) is 13.5. The summed E-state index contributed by atoms with van der Waals surface area (Å²) in [7, 11) is 0. The van der Waals surface area contributed by atoms with E-state index in [1.165, 1.54) is 6.33 Å². The minimum absolute atomic E-state index is 0.607. The van der Waals surface area contributed by atoms with E-state index in [4.69, 9.17) is 9.47 Å². The second-order valence-electron chi connectivity index (χ2n) is 5.64. The molecule has 2 aromatic heterocycles. The molecule has 0 amide bonds. The Bertz CT molecular complexity index is 861. The van der Waals surface area contributed by atoms with Crippen LogP contribution in [-0.4, -0.2) is 32.8 Å². The van der Waals surface area contributed by atoms with Crippen molar-refractivity contribution in [3.63, 3.8) is 0 Å². The lowest BCUT2D eigenvalue weighted by Crippen LogP contribution is -2.08. The Morgan fingerprint density at radius 1 is 1.17 bits per heavy atom. The zero-order valence-electron chi connectivity index (χ0n) is 13.5. The van der Waals surface area contributed by atoms with Crippen LogP contribution < -0.4 is 14.8 Å². The highest BCUT2D eigenvalue weighted by Gasteiger charge is 2.11. The van der Waals surface area contributed by atoms with Gasteiger partial charge in [-0.15, -0.1) is 0 Å². The highest BCUT2D eigenvalue weighted by Crippen LogP contribution is 2.30.